The Bertz CT molecular complexity index is 782. The van der Waals surface area contributed by atoms with Crippen molar-refractivity contribution in [2.75, 3.05) is 19.3 Å². The molecule has 1 aliphatic heterocycles. The van der Waals surface area contributed by atoms with Gasteiger partial charge in [-0.3, -0.25) is 0 Å². The van der Waals surface area contributed by atoms with Crippen molar-refractivity contribution in [2.24, 2.45) is 17.8 Å². The summed E-state index contributed by atoms with van der Waals surface area (Å²) in [6, 6.07) is 7.35. The molecule has 0 spiro atoms. The van der Waals surface area contributed by atoms with Crippen LogP contribution in [-0.2, 0) is 10.0 Å². The van der Waals surface area contributed by atoms with Crippen LogP contribution in [0.15, 0.2) is 18.2 Å². The summed E-state index contributed by atoms with van der Waals surface area (Å²) in [5, 5.41) is 9.00. The van der Waals surface area contributed by atoms with Crippen molar-refractivity contribution < 1.29 is 8.42 Å². The summed E-state index contributed by atoms with van der Waals surface area (Å²) in [4.78, 5) is 0. The highest BCUT2D eigenvalue weighted by atomic mass is 35.5. The molecule has 1 atom stereocenters. The zero-order chi connectivity index (χ0) is 24.7. The van der Waals surface area contributed by atoms with Crippen molar-refractivity contribution in [3.05, 3.63) is 34.3 Å². The van der Waals surface area contributed by atoms with Gasteiger partial charge in [-0.15, -0.1) is 0 Å². The molecule has 1 aromatic carbocycles. The molecule has 4 nitrogen and oxygen atoms in total. The first kappa shape index (κ1) is 30.9. The molecular weight excluding hydrogens is 440 g/mol. The van der Waals surface area contributed by atoms with Crippen LogP contribution in [0.25, 0.3) is 0 Å². The SMILES string of the molecule is CC.CC(C)C1CCN(S(C)(=O)=O)C1.CCC1CCCCC1.Cc1ccc(C#N)c(Cl)c1. The average molecular weight is 485 g/mol. The molecule has 2 aliphatic rings. The van der Waals surface area contributed by atoms with Crippen LogP contribution < -0.4 is 0 Å². The monoisotopic (exact) mass is 484 g/mol. The lowest BCUT2D eigenvalue weighted by Gasteiger charge is -2.18. The largest absolute Gasteiger partial charge is 0.213 e. The third kappa shape index (κ3) is 12.2. The Balaban J connectivity index is 0.000000441. The molecule has 3 rings (SSSR count). The van der Waals surface area contributed by atoms with Gasteiger partial charge in [-0.2, -0.15) is 5.26 Å². The van der Waals surface area contributed by atoms with Crippen LogP contribution >= 0.6 is 11.6 Å². The molecule has 1 aromatic rings. The normalized spacial score (nSPS) is 18.9. The Morgan fingerprint density at radius 3 is 2.09 bits per heavy atom. The van der Waals surface area contributed by atoms with Crippen LogP contribution in [0.3, 0.4) is 0 Å². The minimum atomic E-state index is -2.94. The topological polar surface area (TPSA) is 61.2 Å². The maximum absolute atomic E-state index is 11.1. The van der Waals surface area contributed by atoms with E-state index in [0.717, 1.165) is 24.4 Å². The van der Waals surface area contributed by atoms with E-state index in [4.69, 9.17) is 16.9 Å². The first-order valence-corrected chi connectivity index (χ1v) is 14.4. The Morgan fingerprint density at radius 1 is 1.16 bits per heavy atom. The molecule has 1 unspecified atom stereocenters. The van der Waals surface area contributed by atoms with E-state index in [9.17, 15) is 8.42 Å². The van der Waals surface area contributed by atoms with E-state index in [2.05, 4.69) is 20.8 Å². The van der Waals surface area contributed by atoms with Gasteiger partial charge in [0.25, 0.3) is 0 Å². The third-order valence-corrected chi connectivity index (χ3v) is 7.73. The Labute approximate surface area is 203 Å². The molecule has 0 N–H and O–H groups in total. The van der Waals surface area contributed by atoms with Crippen molar-refractivity contribution in [1.82, 2.24) is 4.31 Å². The van der Waals surface area contributed by atoms with Gasteiger partial charge in [0.1, 0.15) is 6.07 Å². The first-order valence-electron chi connectivity index (χ1n) is 12.2. The lowest BCUT2D eigenvalue weighted by atomic mass is 9.88. The van der Waals surface area contributed by atoms with Gasteiger partial charge < -0.3 is 0 Å². The quantitative estimate of drug-likeness (QED) is 0.447. The smallest absolute Gasteiger partial charge is 0.211 e. The number of hydrogen-bond acceptors (Lipinski definition) is 3. The van der Waals surface area contributed by atoms with E-state index in [1.165, 1.54) is 44.8 Å². The number of rotatable bonds is 3. The number of nitrogens with zero attached hydrogens (tertiary/aromatic N) is 2. The van der Waals surface area contributed by atoms with Crippen molar-refractivity contribution >= 4 is 21.6 Å². The predicted octanol–water partition coefficient (Wildman–Crippen LogP) is 7.45. The van der Waals surface area contributed by atoms with Gasteiger partial charge in [0.15, 0.2) is 0 Å². The second-order valence-corrected chi connectivity index (χ2v) is 11.3. The lowest BCUT2D eigenvalue weighted by Crippen LogP contribution is -2.28. The molecule has 1 aliphatic carbocycles. The Morgan fingerprint density at radius 2 is 1.75 bits per heavy atom. The summed E-state index contributed by atoms with van der Waals surface area (Å²) in [5.41, 5.74) is 1.61. The van der Waals surface area contributed by atoms with Gasteiger partial charge in [0.05, 0.1) is 16.8 Å². The fourth-order valence-electron chi connectivity index (χ4n) is 3.91. The molecule has 32 heavy (non-hydrogen) atoms. The molecule has 0 amide bonds. The lowest BCUT2D eigenvalue weighted by molar-refractivity contribution is 0.349. The van der Waals surface area contributed by atoms with Crippen molar-refractivity contribution in [2.45, 2.75) is 86.5 Å². The summed E-state index contributed by atoms with van der Waals surface area (Å²) in [5.74, 6) is 2.24. The van der Waals surface area contributed by atoms with Gasteiger partial charge in [-0.25, -0.2) is 12.7 Å². The predicted molar refractivity (Wildman–Crippen MR) is 138 cm³/mol. The minimum absolute atomic E-state index is 0.530. The molecule has 1 saturated heterocycles. The summed E-state index contributed by atoms with van der Waals surface area (Å²) >= 11 is 5.71. The highest BCUT2D eigenvalue weighted by Crippen LogP contribution is 2.26. The highest BCUT2D eigenvalue weighted by molar-refractivity contribution is 7.88. The van der Waals surface area contributed by atoms with Crippen molar-refractivity contribution in [1.29, 1.82) is 5.26 Å². The molecule has 1 saturated carbocycles. The Hall–Kier alpha value is -1.09. The van der Waals surface area contributed by atoms with Crippen LogP contribution in [0, 0.1) is 36.0 Å². The van der Waals surface area contributed by atoms with Crippen LogP contribution in [0.2, 0.25) is 5.02 Å². The molecule has 0 radical (unpaired) electrons. The molecule has 1 heterocycles. The van der Waals surface area contributed by atoms with E-state index >= 15 is 0 Å². The second-order valence-electron chi connectivity index (χ2n) is 8.92. The zero-order valence-corrected chi connectivity index (χ0v) is 22.9. The van der Waals surface area contributed by atoms with Crippen LogP contribution in [0.5, 0.6) is 0 Å². The number of nitriles is 1. The molecule has 6 heteroatoms. The van der Waals surface area contributed by atoms with Crippen LogP contribution in [0.4, 0.5) is 0 Å². The fourth-order valence-corrected chi connectivity index (χ4v) is 5.08. The number of aryl methyl sites for hydroxylation is 1. The maximum atomic E-state index is 11.1. The van der Waals surface area contributed by atoms with Gasteiger partial charge in [-0.05, 0) is 48.8 Å². The van der Waals surface area contributed by atoms with E-state index in [0.29, 0.717) is 29.0 Å². The number of sulfonamides is 1. The fraction of sp³-hybridized carbons (Fsp3) is 0.731. The van der Waals surface area contributed by atoms with E-state index < -0.39 is 10.0 Å². The third-order valence-electron chi connectivity index (χ3n) is 6.15. The zero-order valence-electron chi connectivity index (χ0n) is 21.3. The van der Waals surface area contributed by atoms with Gasteiger partial charge >= 0.3 is 0 Å². The second kappa shape index (κ2) is 16.5. The van der Waals surface area contributed by atoms with Crippen molar-refractivity contribution in [3.63, 3.8) is 0 Å². The maximum Gasteiger partial charge on any atom is 0.211 e. The summed E-state index contributed by atoms with van der Waals surface area (Å²) in [6.45, 7) is 14.0. The molecular formula is C26H45ClN2O2S. The van der Waals surface area contributed by atoms with Crippen LogP contribution in [-0.4, -0.2) is 32.1 Å². The standard InChI is InChI=1S/C8H6ClN.C8H17NO2S.C8H16.C2H6/c1-6-2-3-7(5-10)8(9)4-6;1-7(2)8-4-5-9(6-8)12(3,10)11;1-2-8-6-4-3-5-7-8;1-2/h2-4H,1H3;7-8H,4-6H2,1-3H3;8H,2-7H2,1H3;1-2H3. The van der Waals surface area contributed by atoms with E-state index in [1.54, 1.807) is 16.4 Å². The summed E-state index contributed by atoms with van der Waals surface area (Å²) in [6.07, 6.45) is 11.2. The number of hydrogen-bond donors (Lipinski definition) is 0. The molecule has 0 aromatic heterocycles. The number of halogens is 1. The van der Waals surface area contributed by atoms with E-state index in [1.807, 2.05) is 32.9 Å². The van der Waals surface area contributed by atoms with Gasteiger partial charge in [0, 0.05) is 13.1 Å². The molecule has 2 fully saturated rings. The number of benzene rings is 1. The minimum Gasteiger partial charge on any atom is -0.213 e. The highest BCUT2D eigenvalue weighted by Gasteiger charge is 2.29. The first-order chi connectivity index (χ1) is 15.1. The van der Waals surface area contributed by atoms with Crippen molar-refractivity contribution in [3.8, 4) is 6.07 Å². The Kier molecular flexibility index (Phi) is 15.9. The molecule has 184 valence electrons. The average Bonchev–Trinajstić information content (AvgIpc) is 3.28. The van der Waals surface area contributed by atoms with Crippen LogP contribution in [0.1, 0.15) is 90.7 Å². The van der Waals surface area contributed by atoms with E-state index in [-0.39, 0.29) is 0 Å². The molecule has 0 bridgehead atoms. The van der Waals surface area contributed by atoms with Gasteiger partial charge in [-0.1, -0.05) is 90.8 Å². The van der Waals surface area contributed by atoms with Gasteiger partial charge in [0.2, 0.25) is 10.0 Å². The summed E-state index contributed by atoms with van der Waals surface area (Å²) < 4.78 is 23.8. The summed E-state index contributed by atoms with van der Waals surface area (Å²) in [7, 11) is -2.94.